The fourth-order valence-electron chi connectivity index (χ4n) is 9.37. The number of hydrogen-bond acceptors (Lipinski definition) is 10. The van der Waals surface area contributed by atoms with E-state index >= 15 is 0 Å². The van der Waals surface area contributed by atoms with Gasteiger partial charge in [0.15, 0.2) is 0 Å². The second-order valence-electron chi connectivity index (χ2n) is 23.4. The third kappa shape index (κ3) is 31.1. The summed E-state index contributed by atoms with van der Waals surface area (Å²) in [6, 6.07) is 16.4. The highest BCUT2D eigenvalue weighted by Gasteiger charge is 2.30. The minimum atomic E-state index is -1.14. The number of aryl methyl sites for hydroxylation is 2. The molecule has 0 aromatic heterocycles. The fraction of sp³-hybridized carbons (Fsp3) is 0.650. The molecular weight excluding hydrogens is 1010 g/mol. The molecule has 0 spiro atoms. The first-order valence-electron chi connectivity index (χ1n) is 28.5. The number of benzene rings is 2. The van der Waals surface area contributed by atoms with E-state index in [1.165, 1.54) is 19.6 Å². The van der Waals surface area contributed by atoms with Crippen LogP contribution in [0.4, 0.5) is 0 Å². The topological polar surface area (TPSA) is 275 Å². The van der Waals surface area contributed by atoms with Gasteiger partial charge >= 0.3 is 5.97 Å². The predicted molar refractivity (Wildman–Crippen MR) is 308 cm³/mol. The molecule has 19 heteroatoms. The zero-order valence-electron chi connectivity index (χ0n) is 49.2. The van der Waals surface area contributed by atoms with Crippen LogP contribution in [-0.4, -0.2) is 154 Å². The molecule has 0 heterocycles. The molecule has 0 fully saturated rings. The van der Waals surface area contributed by atoms with E-state index in [-0.39, 0.29) is 131 Å². The largest absolute Gasteiger partial charge is 0.481 e. The second-order valence-corrected chi connectivity index (χ2v) is 23.4. The van der Waals surface area contributed by atoms with Crippen molar-refractivity contribution in [2.24, 2.45) is 41.1 Å². The normalized spacial score (nSPS) is 12.9. The van der Waals surface area contributed by atoms with Crippen molar-refractivity contribution in [3.05, 3.63) is 71.8 Å². The summed E-state index contributed by atoms with van der Waals surface area (Å²) in [5.41, 5.74) is 13.9. The van der Waals surface area contributed by atoms with E-state index in [1.807, 2.05) is 116 Å². The number of nitrogens with zero attached hydrogens (tertiary/aromatic N) is 4. The van der Waals surface area contributed by atoms with E-state index in [9.17, 15) is 48.3 Å². The Morgan fingerprint density at radius 3 is 1.22 bits per heavy atom. The highest BCUT2D eigenvalue weighted by atomic mass is 16.4. The van der Waals surface area contributed by atoms with E-state index in [4.69, 9.17) is 11.5 Å². The first-order chi connectivity index (χ1) is 37.2. The van der Waals surface area contributed by atoms with Crippen molar-refractivity contribution >= 4 is 53.2 Å². The van der Waals surface area contributed by atoms with Crippen LogP contribution < -0.4 is 27.4 Å². The first-order valence-corrected chi connectivity index (χ1v) is 28.5. The van der Waals surface area contributed by atoms with Gasteiger partial charge in [-0.1, -0.05) is 130 Å². The summed E-state index contributed by atoms with van der Waals surface area (Å²) in [7, 11) is 0. The first kappa shape index (κ1) is 68.7. The van der Waals surface area contributed by atoms with Gasteiger partial charge in [0.25, 0.3) is 0 Å². The quantitative estimate of drug-likeness (QED) is 0.0499. The van der Waals surface area contributed by atoms with Gasteiger partial charge < -0.3 is 52.1 Å². The molecule has 0 aliphatic carbocycles. The van der Waals surface area contributed by atoms with Crippen molar-refractivity contribution in [3.63, 3.8) is 0 Å². The number of carboxylic acids is 1. The van der Waals surface area contributed by atoms with Crippen LogP contribution >= 0.6 is 0 Å². The highest BCUT2D eigenvalue weighted by molar-refractivity contribution is 5.88. The summed E-state index contributed by atoms with van der Waals surface area (Å²) in [6.07, 6.45) is 3.05. The van der Waals surface area contributed by atoms with Gasteiger partial charge in [0, 0.05) is 82.5 Å². The number of nitrogens with one attached hydrogen (secondary N) is 3. The lowest BCUT2D eigenvalue weighted by atomic mass is 10.0. The molecule has 0 aliphatic heterocycles. The minimum Gasteiger partial charge on any atom is -0.481 e. The molecule has 2 aromatic rings. The number of hydrogen-bond donors (Lipinski definition) is 6. The van der Waals surface area contributed by atoms with Gasteiger partial charge in [-0.15, -0.1) is 0 Å². The molecule has 2 aromatic carbocycles. The smallest absolute Gasteiger partial charge is 0.303 e. The zero-order valence-corrected chi connectivity index (χ0v) is 49.2. The summed E-state index contributed by atoms with van der Waals surface area (Å²) in [5, 5.41) is 18.6. The molecule has 0 saturated heterocycles. The van der Waals surface area contributed by atoms with Crippen LogP contribution in [0.2, 0.25) is 0 Å². The van der Waals surface area contributed by atoms with Crippen molar-refractivity contribution in [2.75, 3.05) is 52.4 Å². The van der Waals surface area contributed by atoms with Crippen LogP contribution in [0, 0.1) is 29.6 Å². The maximum atomic E-state index is 14.4. The summed E-state index contributed by atoms with van der Waals surface area (Å²) in [5.74, 6) is -4.35. The molecule has 0 saturated carbocycles. The van der Waals surface area contributed by atoms with Gasteiger partial charge in [0.1, 0.15) is 0 Å². The third-order valence-corrected chi connectivity index (χ3v) is 13.1. The molecule has 4 atom stereocenters. The van der Waals surface area contributed by atoms with Crippen molar-refractivity contribution in [3.8, 4) is 0 Å². The monoisotopic (exact) mass is 1100 g/mol. The lowest BCUT2D eigenvalue weighted by molar-refractivity contribution is -0.139. The Balaban J connectivity index is 2.47. The maximum absolute atomic E-state index is 14.4. The fourth-order valence-corrected chi connectivity index (χ4v) is 9.37. The van der Waals surface area contributed by atoms with Crippen LogP contribution in [0.25, 0.3) is 0 Å². The molecular formula is C60H97N9O10. The van der Waals surface area contributed by atoms with Crippen molar-refractivity contribution in [2.45, 2.75) is 170 Å². The molecule has 2 rings (SSSR count). The lowest BCUT2D eigenvalue weighted by Gasteiger charge is -2.32. The van der Waals surface area contributed by atoms with Gasteiger partial charge in [-0.2, -0.15) is 0 Å². The Morgan fingerprint density at radius 2 is 0.823 bits per heavy atom. The molecule has 0 unspecified atom stereocenters. The predicted octanol–water partition coefficient (Wildman–Crippen LogP) is 5.32. The van der Waals surface area contributed by atoms with Gasteiger partial charge in [0.2, 0.25) is 47.3 Å². The van der Waals surface area contributed by atoms with Gasteiger partial charge in [0.05, 0.1) is 26.2 Å². The number of carbonyl (C=O) groups is 9. The Bertz CT molecular complexity index is 2210. The van der Waals surface area contributed by atoms with Crippen LogP contribution in [-0.2, 0) is 56.0 Å². The van der Waals surface area contributed by atoms with E-state index < -0.39 is 66.7 Å². The molecule has 8 N–H and O–H groups in total. The van der Waals surface area contributed by atoms with Gasteiger partial charge in [-0.05, 0) is 85.7 Å². The van der Waals surface area contributed by atoms with Gasteiger partial charge in [-0.3, -0.25) is 43.2 Å². The number of primary amides is 1. The standard InChI is InChI=1S/C60H97N9O10/c1-41(2)21-24-49(63-53(71)38-66(33-48(61)29-42(3)4)56(74)26-22-46-17-13-11-14-18-46)35-69(59(77)32-45(9)10)40-55(73)65-51(30-43(5)6)36-68(57(75)27-23-47-19-15-12-16-20-47)39-54(72)64-50(25-28-60(78)79)34-67(37-52(62)70)58(76)31-44(7)8/h11-20,41-45,48-51H,21-40,61H2,1-10H3,(H2,62,70)(H,63,71)(H,64,72)(H,65,73)(H,78,79)/t48-,49-,50-,51-/m0/s1. The molecule has 79 heavy (non-hydrogen) atoms. The van der Waals surface area contributed by atoms with E-state index in [0.717, 1.165) is 11.1 Å². The lowest BCUT2D eigenvalue weighted by Crippen LogP contribution is -2.54. The number of carboxylic acid groups (broad SMARTS) is 1. The average Bonchev–Trinajstić information content (AvgIpc) is 3.34. The third-order valence-electron chi connectivity index (χ3n) is 13.1. The number of aliphatic carboxylic acids is 1. The Kier molecular flexibility index (Phi) is 32.0. The summed E-state index contributed by atoms with van der Waals surface area (Å²) >= 11 is 0. The molecule has 19 nitrogen and oxygen atoms in total. The molecule has 8 amide bonds. The highest BCUT2D eigenvalue weighted by Crippen LogP contribution is 2.16. The average molecular weight is 1100 g/mol. The molecule has 0 aliphatic rings. The number of carbonyl (C=O) groups excluding carboxylic acids is 8. The molecule has 442 valence electrons. The summed E-state index contributed by atoms with van der Waals surface area (Å²) in [4.78, 5) is 127. The van der Waals surface area contributed by atoms with E-state index in [1.54, 1.807) is 0 Å². The van der Waals surface area contributed by atoms with Crippen molar-refractivity contribution < 1.29 is 48.3 Å². The van der Waals surface area contributed by atoms with Crippen LogP contribution in [0.15, 0.2) is 60.7 Å². The SMILES string of the molecule is CC(C)CC[C@@H](CN(CC(=O)N[C@@H](CC(C)C)CN(CC(=O)N[C@@H](CCC(=O)O)CN(CC(N)=O)C(=O)CC(C)C)C(=O)CCc1ccccc1)C(=O)CC(C)C)NC(=O)CN(C[C@@H](N)CC(C)C)C(=O)CCc1ccccc1. The molecule has 0 radical (unpaired) electrons. The van der Waals surface area contributed by atoms with Gasteiger partial charge in [-0.25, -0.2) is 0 Å². The van der Waals surface area contributed by atoms with Crippen LogP contribution in [0.5, 0.6) is 0 Å². The van der Waals surface area contributed by atoms with E-state index in [2.05, 4.69) is 29.8 Å². The maximum Gasteiger partial charge on any atom is 0.303 e. The Hall–Kier alpha value is -6.37. The summed E-state index contributed by atoms with van der Waals surface area (Å²) < 4.78 is 0. The van der Waals surface area contributed by atoms with Crippen LogP contribution in [0.1, 0.15) is 145 Å². The van der Waals surface area contributed by atoms with Crippen molar-refractivity contribution in [1.82, 2.24) is 35.6 Å². The molecule has 0 bridgehead atoms. The minimum absolute atomic E-state index is 0.000535. The number of nitrogens with two attached hydrogens (primary N) is 2. The Labute approximate surface area is 471 Å². The Morgan fingerprint density at radius 1 is 0.443 bits per heavy atom. The van der Waals surface area contributed by atoms with Crippen molar-refractivity contribution in [1.29, 1.82) is 0 Å². The zero-order chi connectivity index (χ0) is 59.2. The number of amides is 8. The number of rotatable bonds is 39. The van der Waals surface area contributed by atoms with E-state index in [0.29, 0.717) is 38.5 Å². The van der Waals surface area contributed by atoms with Crippen LogP contribution in [0.3, 0.4) is 0 Å². The summed E-state index contributed by atoms with van der Waals surface area (Å²) in [6.45, 7) is 18.0. The second kappa shape index (κ2) is 36.7.